The molecule has 21 heavy (non-hydrogen) atoms. The molecule has 120 valence electrons. The van der Waals surface area contributed by atoms with Crippen LogP contribution >= 0.6 is 11.8 Å². The van der Waals surface area contributed by atoms with Gasteiger partial charge in [0.25, 0.3) is 0 Å². The first-order valence-electron chi connectivity index (χ1n) is 7.83. The van der Waals surface area contributed by atoms with Crippen LogP contribution in [0.1, 0.15) is 46.5 Å². The third-order valence-corrected chi connectivity index (χ3v) is 6.09. The number of nitrogens with zero attached hydrogens (tertiary/aromatic N) is 1. The summed E-state index contributed by atoms with van der Waals surface area (Å²) >= 11 is 1.57. The molecule has 6 heteroatoms. The molecule has 2 N–H and O–H groups in total. The molecule has 1 saturated carbocycles. The summed E-state index contributed by atoms with van der Waals surface area (Å²) in [5.41, 5.74) is 0. The van der Waals surface area contributed by atoms with E-state index < -0.39 is 12.0 Å². The third kappa shape index (κ3) is 3.84. The van der Waals surface area contributed by atoms with Gasteiger partial charge < -0.3 is 10.4 Å². The lowest BCUT2D eigenvalue weighted by atomic mass is 9.87. The molecule has 0 aromatic rings. The summed E-state index contributed by atoms with van der Waals surface area (Å²) in [6.07, 6.45) is 4.27. The van der Waals surface area contributed by atoms with Crippen LogP contribution in [-0.2, 0) is 4.79 Å². The number of rotatable bonds is 3. The average Bonchev–Trinajstić information content (AvgIpc) is 2.86. The molecule has 1 heterocycles. The average molecular weight is 314 g/mol. The molecular formula is C15H26N2O3S. The summed E-state index contributed by atoms with van der Waals surface area (Å²) in [5.74, 6) is 0.554. The molecule has 2 aliphatic rings. The highest BCUT2D eigenvalue weighted by atomic mass is 32.2. The number of carbonyl (C=O) groups excluding carboxylic acids is 1. The topological polar surface area (TPSA) is 69.6 Å². The van der Waals surface area contributed by atoms with E-state index in [2.05, 4.69) is 12.2 Å². The van der Waals surface area contributed by atoms with Crippen LogP contribution in [0.5, 0.6) is 0 Å². The number of aliphatic carboxylic acids is 1. The number of amides is 2. The zero-order chi connectivity index (χ0) is 15.6. The van der Waals surface area contributed by atoms with Crippen molar-refractivity contribution < 1.29 is 14.7 Å². The molecule has 0 spiro atoms. The number of thioether (sulfide) groups is 1. The van der Waals surface area contributed by atoms with Crippen molar-refractivity contribution in [2.75, 3.05) is 5.75 Å². The predicted octanol–water partition coefficient (Wildman–Crippen LogP) is 2.76. The Morgan fingerprint density at radius 2 is 1.86 bits per heavy atom. The maximum atomic E-state index is 12.6. The van der Waals surface area contributed by atoms with E-state index >= 15 is 0 Å². The highest BCUT2D eigenvalue weighted by Crippen LogP contribution is 2.34. The van der Waals surface area contributed by atoms with Gasteiger partial charge in [-0.15, -0.1) is 11.8 Å². The first-order chi connectivity index (χ1) is 9.90. The van der Waals surface area contributed by atoms with Gasteiger partial charge in [0.2, 0.25) is 0 Å². The Hall–Kier alpha value is -0.910. The molecule has 2 atom stereocenters. The standard InChI is InChI=1S/C15H26N2O3S/c1-9(2)13-17(12(8-21-13)14(18)19)15(20)16-11-6-4-10(3)5-7-11/h9-13H,4-8H2,1-3H3,(H,16,20)(H,18,19). The van der Waals surface area contributed by atoms with Crippen LogP contribution in [0.25, 0.3) is 0 Å². The smallest absolute Gasteiger partial charge is 0.327 e. The number of hydrogen-bond acceptors (Lipinski definition) is 3. The molecule has 5 nitrogen and oxygen atoms in total. The van der Waals surface area contributed by atoms with E-state index in [1.807, 2.05) is 13.8 Å². The fourth-order valence-electron chi connectivity index (χ4n) is 3.14. The van der Waals surface area contributed by atoms with Crippen LogP contribution in [0.3, 0.4) is 0 Å². The largest absolute Gasteiger partial charge is 0.480 e. The summed E-state index contributed by atoms with van der Waals surface area (Å²) in [4.78, 5) is 25.5. The van der Waals surface area contributed by atoms with E-state index in [1.54, 1.807) is 16.7 Å². The molecule has 0 radical (unpaired) electrons. The Bertz CT molecular complexity index is 394. The second kappa shape index (κ2) is 6.90. The van der Waals surface area contributed by atoms with Crippen LogP contribution in [0.4, 0.5) is 4.79 Å². The molecule has 1 saturated heterocycles. The summed E-state index contributed by atoms with van der Waals surface area (Å²) in [6.45, 7) is 6.30. The van der Waals surface area contributed by atoms with Crippen molar-refractivity contribution in [2.24, 2.45) is 11.8 Å². The van der Waals surface area contributed by atoms with Crippen molar-refractivity contribution in [3.8, 4) is 0 Å². The van der Waals surface area contributed by atoms with E-state index in [1.165, 1.54) is 0 Å². The van der Waals surface area contributed by atoms with Crippen molar-refractivity contribution in [1.82, 2.24) is 10.2 Å². The molecule has 1 aliphatic carbocycles. The number of urea groups is 1. The fourth-order valence-corrected chi connectivity index (χ4v) is 4.61. The second-order valence-electron chi connectivity index (χ2n) is 6.64. The normalized spacial score (nSPS) is 33.2. The van der Waals surface area contributed by atoms with Crippen LogP contribution in [0.2, 0.25) is 0 Å². The Morgan fingerprint density at radius 1 is 1.24 bits per heavy atom. The van der Waals surface area contributed by atoms with Crippen molar-refractivity contribution in [3.63, 3.8) is 0 Å². The zero-order valence-corrected chi connectivity index (χ0v) is 13.9. The van der Waals surface area contributed by atoms with E-state index in [-0.39, 0.29) is 23.4 Å². The molecule has 2 rings (SSSR count). The Balaban J connectivity index is 2.01. The van der Waals surface area contributed by atoms with Gasteiger partial charge in [0.05, 0.1) is 5.37 Å². The lowest BCUT2D eigenvalue weighted by Crippen LogP contribution is -2.53. The summed E-state index contributed by atoms with van der Waals surface area (Å²) < 4.78 is 0. The van der Waals surface area contributed by atoms with Crippen LogP contribution in [-0.4, -0.2) is 45.2 Å². The molecular weight excluding hydrogens is 288 g/mol. The van der Waals surface area contributed by atoms with E-state index in [0.29, 0.717) is 5.75 Å². The minimum Gasteiger partial charge on any atom is -0.480 e. The lowest BCUT2D eigenvalue weighted by Gasteiger charge is -2.33. The quantitative estimate of drug-likeness (QED) is 0.840. The molecule has 0 bridgehead atoms. The number of nitrogens with one attached hydrogen (secondary N) is 1. The highest BCUT2D eigenvalue weighted by Gasteiger charge is 2.43. The summed E-state index contributed by atoms with van der Waals surface area (Å²) in [7, 11) is 0. The van der Waals surface area contributed by atoms with Crippen molar-refractivity contribution >= 4 is 23.8 Å². The van der Waals surface area contributed by atoms with Crippen molar-refractivity contribution in [3.05, 3.63) is 0 Å². The maximum absolute atomic E-state index is 12.6. The van der Waals surface area contributed by atoms with Gasteiger partial charge in [-0.1, -0.05) is 20.8 Å². The third-order valence-electron chi connectivity index (χ3n) is 4.47. The molecule has 2 unspecified atom stereocenters. The Labute approximate surface area is 130 Å². The first-order valence-corrected chi connectivity index (χ1v) is 8.88. The monoisotopic (exact) mass is 314 g/mol. The van der Waals surface area contributed by atoms with Gasteiger partial charge in [0.15, 0.2) is 0 Å². The minimum absolute atomic E-state index is 0.0476. The lowest BCUT2D eigenvalue weighted by molar-refractivity contribution is -0.141. The summed E-state index contributed by atoms with van der Waals surface area (Å²) in [6, 6.07) is -0.711. The van der Waals surface area contributed by atoms with Gasteiger partial charge >= 0.3 is 12.0 Å². The highest BCUT2D eigenvalue weighted by molar-refractivity contribution is 8.00. The van der Waals surface area contributed by atoms with Gasteiger partial charge in [-0.3, -0.25) is 4.90 Å². The van der Waals surface area contributed by atoms with Crippen molar-refractivity contribution in [2.45, 2.75) is 63.9 Å². The first kappa shape index (κ1) is 16.5. The number of hydrogen-bond donors (Lipinski definition) is 2. The zero-order valence-electron chi connectivity index (χ0n) is 13.0. The van der Waals surface area contributed by atoms with Crippen molar-refractivity contribution in [1.29, 1.82) is 0 Å². The summed E-state index contributed by atoms with van der Waals surface area (Å²) in [5, 5.41) is 12.4. The van der Waals surface area contributed by atoms with E-state index in [4.69, 9.17) is 0 Å². The van der Waals surface area contributed by atoms with E-state index in [0.717, 1.165) is 31.6 Å². The second-order valence-corrected chi connectivity index (χ2v) is 7.79. The van der Waals surface area contributed by atoms with Crippen LogP contribution in [0, 0.1) is 11.8 Å². The number of carboxylic acids is 1. The SMILES string of the molecule is CC1CCC(NC(=O)N2C(C(=O)O)CSC2C(C)C)CC1. The van der Waals surface area contributed by atoms with Gasteiger partial charge in [0, 0.05) is 11.8 Å². The predicted molar refractivity (Wildman–Crippen MR) is 84.3 cm³/mol. The van der Waals surface area contributed by atoms with Crippen LogP contribution in [0.15, 0.2) is 0 Å². The van der Waals surface area contributed by atoms with E-state index in [9.17, 15) is 14.7 Å². The fraction of sp³-hybridized carbons (Fsp3) is 0.867. The van der Waals surface area contributed by atoms with Gasteiger partial charge in [-0.2, -0.15) is 0 Å². The minimum atomic E-state index is -0.905. The number of carbonyl (C=O) groups is 2. The molecule has 2 fully saturated rings. The Kier molecular flexibility index (Phi) is 5.41. The Morgan fingerprint density at radius 3 is 2.38 bits per heavy atom. The van der Waals surface area contributed by atoms with Gasteiger partial charge in [-0.05, 0) is 37.5 Å². The maximum Gasteiger partial charge on any atom is 0.327 e. The molecule has 2 amide bonds. The van der Waals surface area contributed by atoms with Gasteiger partial charge in [-0.25, -0.2) is 9.59 Å². The molecule has 1 aliphatic heterocycles. The van der Waals surface area contributed by atoms with Gasteiger partial charge in [0.1, 0.15) is 6.04 Å². The number of carboxylic acid groups (broad SMARTS) is 1. The van der Waals surface area contributed by atoms with Crippen LogP contribution < -0.4 is 5.32 Å². The molecule has 0 aromatic carbocycles. The molecule has 0 aromatic heterocycles.